The van der Waals surface area contributed by atoms with E-state index in [4.69, 9.17) is 12.2 Å². The first-order valence-corrected chi connectivity index (χ1v) is 9.58. The quantitative estimate of drug-likeness (QED) is 0.801. The average molecular weight is 361 g/mol. The number of likely N-dealkylation sites (tertiary alicyclic amines) is 1. The summed E-state index contributed by atoms with van der Waals surface area (Å²) >= 11 is 5.48. The van der Waals surface area contributed by atoms with Crippen molar-refractivity contribution in [1.29, 1.82) is 0 Å². The summed E-state index contributed by atoms with van der Waals surface area (Å²) in [5, 5.41) is 7.78. The zero-order valence-electron chi connectivity index (χ0n) is 15.1. The molecule has 0 saturated carbocycles. The lowest BCUT2D eigenvalue weighted by Gasteiger charge is -2.44. The monoisotopic (exact) mass is 360 g/mol. The van der Waals surface area contributed by atoms with Gasteiger partial charge in [-0.05, 0) is 30.6 Å². The molecule has 2 aliphatic rings. The van der Waals surface area contributed by atoms with Crippen LogP contribution in [-0.2, 0) is 11.2 Å². The molecule has 6 heteroatoms. The Morgan fingerprint density at radius 1 is 1.32 bits per heavy atom. The molecule has 2 N–H and O–H groups in total. The van der Waals surface area contributed by atoms with Crippen molar-refractivity contribution in [2.45, 2.75) is 44.3 Å². The van der Waals surface area contributed by atoms with E-state index in [0.29, 0.717) is 0 Å². The van der Waals surface area contributed by atoms with Gasteiger partial charge in [-0.15, -0.1) is 0 Å². The van der Waals surface area contributed by atoms with Crippen LogP contribution in [0, 0.1) is 0 Å². The first-order chi connectivity index (χ1) is 12.1. The van der Waals surface area contributed by atoms with E-state index < -0.39 is 0 Å². The molecule has 2 saturated heterocycles. The lowest BCUT2D eigenvalue weighted by molar-refractivity contribution is -0.131. The fourth-order valence-electron chi connectivity index (χ4n) is 3.82. The molecular formula is C19H28N4OS. The van der Waals surface area contributed by atoms with E-state index in [9.17, 15) is 4.79 Å². The Morgan fingerprint density at radius 2 is 2.00 bits per heavy atom. The van der Waals surface area contributed by atoms with E-state index in [0.717, 1.165) is 50.4 Å². The molecule has 136 valence electrons. The maximum absolute atomic E-state index is 12.8. The standard InChI is InChI=1S/C19H28N4OS/c1-3-11-20-18(25)23-12-9-19(10-13-23)21-16(17(24)22(19)2)14-15-7-5-4-6-8-15/h4-8,16,21H,3,9-14H2,1-2H3,(H,20,25). The van der Waals surface area contributed by atoms with Crippen molar-refractivity contribution >= 4 is 23.2 Å². The summed E-state index contributed by atoms with van der Waals surface area (Å²) in [6, 6.07) is 10.1. The molecular weight excluding hydrogens is 332 g/mol. The third-order valence-electron chi connectivity index (χ3n) is 5.40. The van der Waals surface area contributed by atoms with Gasteiger partial charge >= 0.3 is 0 Å². The first-order valence-electron chi connectivity index (χ1n) is 9.18. The lowest BCUT2D eigenvalue weighted by Crippen LogP contribution is -2.59. The van der Waals surface area contributed by atoms with Crippen LogP contribution in [0.2, 0.25) is 0 Å². The molecule has 2 heterocycles. The smallest absolute Gasteiger partial charge is 0.241 e. The summed E-state index contributed by atoms with van der Waals surface area (Å²) in [6.45, 7) is 4.80. The predicted octanol–water partition coefficient (Wildman–Crippen LogP) is 1.74. The molecule has 2 aliphatic heterocycles. The van der Waals surface area contributed by atoms with E-state index in [1.165, 1.54) is 5.56 Å². The Morgan fingerprint density at radius 3 is 2.64 bits per heavy atom. The molecule has 25 heavy (non-hydrogen) atoms. The highest BCUT2D eigenvalue weighted by molar-refractivity contribution is 7.80. The molecule has 1 aromatic rings. The molecule has 1 aromatic carbocycles. The highest BCUT2D eigenvalue weighted by Gasteiger charge is 2.49. The van der Waals surface area contributed by atoms with Crippen molar-refractivity contribution < 1.29 is 4.79 Å². The van der Waals surface area contributed by atoms with Crippen LogP contribution in [0.1, 0.15) is 31.7 Å². The Bertz CT molecular complexity index is 613. The van der Waals surface area contributed by atoms with Crippen LogP contribution in [0.3, 0.4) is 0 Å². The van der Waals surface area contributed by atoms with Gasteiger partial charge in [0.15, 0.2) is 5.11 Å². The van der Waals surface area contributed by atoms with Crippen LogP contribution in [-0.4, -0.2) is 59.2 Å². The van der Waals surface area contributed by atoms with Gasteiger partial charge in [-0.1, -0.05) is 37.3 Å². The summed E-state index contributed by atoms with van der Waals surface area (Å²) < 4.78 is 0. The number of thiocarbonyl (C=S) groups is 1. The molecule has 1 unspecified atom stereocenters. The van der Waals surface area contributed by atoms with Crippen molar-refractivity contribution in [1.82, 2.24) is 20.4 Å². The number of nitrogens with one attached hydrogen (secondary N) is 2. The lowest BCUT2D eigenvalue weighted by atomic mass is 9.96. The Kier molecular flexibility index (Phi) is 5.59. The number of carbonyl (C=O) groups is 1. The SMILES string of the molecule is CCCNC(=S)N1CCC2(CC1)NC(Cc1ccccc1)C(=O)N2C. The van der Waals surface area contributed by atoms with Crippen molar-refractivity contribution in [2.75, 3.05) is 26.7 Å². The van der Waals surface area contributed by atoms with Gasteiger partial charge in [-0.2, -0.15) is 0 Å². The van der Waals surface area contributed by atoms with Crippen LogP contribution >= 0.6 is 12.2 Å². The number of likely N-dealkylation sites (N-methyl/N-ethyl adjacent to an activating group) is 1. The van der Waals surface area contributed by atoms with Gasteiger partial charge in [-0.25, -0.2) is 0 Å². The molecule has 2 fully saturated rings. The van der Waals surface area contributed by atoms with Crippen molar-refractivity contribution in [3.8, 4) is 0 Å². The van der Waals surface area contributed by atoms with E-state index in [1.54, 1.807) is 0 Å². The van der Waals surface area contributed by atoms with Crippen molar-refractivity contribution in [3.63, 3.8) is 0 Å². The van der Waals surface area contributed by atoms with Crippen LogP contribution in [0.5, 0.6) is 0 Å². The number of hydrogen-bond donors (Lipinski definition) is 2. The van der Waals surface area contributed by atoms with Gasteiger partial charge in [-0.3, -0.25) is 10.1 Å². The van der Waals surface area contributed by atoms with Crippen LogP contribution in [0.15, 0.2) is 30.3 Å². The van der Waals surface area contributed by atoms with E-state index in [2.05, 4.69) is 34.6 Å². The maximum Gasteiger partial charge on any atom is 0.241 e. The number of amides is 1. The molecule has 1 atom stereocenters. The number of hydrogen-bond acceptors (Lipinski definition) is 3. The molecule has 0 bridgehead atoms. The largest absolute Gasteiger partial charge is 0.363 e. The Labute approximate surface area is 155 Å². The minimum atomic E-state index is -0.229. The van der Waals surface area contributed by atoms with Crippen molar-refractivity contribution in [3.05, 3.63) is 35.9 Å². The molecule has 1 spiro atoms. The molecule has 1 amide bonds. The predicted molar refractivity (Wildman–Crippen MR) is 104 cm³/mol. The second kappa shape index (κ2) is 7.70. The number of nitrogens with zero attached hydrogens (tertiary/aromatic N) is 2. The molecule has 3 rings (SSSR count). The van der Waals surface area contributed by atoms with Crippen molar-refractivity contribution in [2.24, 2.45) is 0 Å². The highest BCUT2D eigenvalue weighted by atomic mass is 32.1. The van der Waals surface area contributed by atoms with Gasteiger partial charge in [0.25, 0.3) is 0 Å². The fourth-order valence-corrected chi connectivity index (χ4v) is 4.10. The number of piperidine rings is 1. The van der Waals surface area contributed by atoms with Crippen LogP contribution < -0.4 is 10.6 Å². The van der Waals surface area contributed by atoms with E-state index >= 15 is 0 Å². The van der Waals surface area contributed by atoms with Gasteiger partial charge in [0.05, 0.1) is 11.7 Å². The second-order valence-electron chi connectivity index (χ2n) is 7.03. The van der Waals surface area contributed by atoms with E-state index in [1.807, 2.05) is 30.1 Å². The summed E-state index contributed by atoms with van der Waals surface area (Å²) in [5.74, 6) is 0.198. The summed E-state index contributed by atoms with van der Waals surface area (Å²) in [5.41, 5.74) is 0.967. The molecule has 0 aromatic heterocycles. The first kappa shape index (κ1) is 18.1. The minimum Gasteiger partial charge on any atom is -0.363 e. The van der Waals surface area contributed by atoms with Crippen LogP contribution in [0.4, 0.5) is 0 Å². The number of benzene rings is 1. The number of carbonyl (C=O) groups excluding carboxylic acids is 1. The third-order valence-corrected chi connectivity index (χ3v) is 5.80. The normalized spacial score (nSPS) is 22.5. The Balaban J connectivity index is 1.61. The highest BCUT2D eigenvalue weighted by Crippen LogP contribution is 2.32. The summed E-state index contributed by atoms with van der Waals surface area (Å²) in [6.07, 6.45) is 3.60. The fraction of sp³-hybridized carbons (Fsp3) is 0.579. The topological polar surface area (TPSA) is 47.6 Å². The maximum atomic E-state index is 12.8. The van der Waals surface area contributed by atoms with Crippen LogP contribution in [0.25, 0.3) is 0 Å². The zero-order chi connectivity index (χ0) is 17.9. The van der Waals surface area contributed by atoms with E-state index in [-0.39, 0.29) is 17.6 Å². The third kappa shape index (κ3) is 3.80. The Hall–Kier alpha value is -1.66. The minimum absolute atomic E-state index is 0.135. The second-order valence-corrected chi connectivity index (χ2v) is 7.42. The zero-order valence-corrected chi connectivity index (χ0v) is 15.9. The molecule has 5 nitrogen and oxygen atoms in total. The van der Waals surface area contributed by atoms with Gasteiger partial charge in [0, 0.05) is 39.5 Å². The van der Waals surface area contributed by atoms with Gasteiger partial charge in [0.2, 0.25) is 5.91 Å². The number of rotatable bonds is 4. The molecule has 0 radical (unpaired) electrons. The molecule has 0 aliphatic carbocycles. The van der Waals surface area contributed by atoms with Gasteiger partial charge in [0.1, 0.15) is 0 Å². The van der Waals surface area contributed by atoms with Gasteiger partial charge < -0.3 is 15.1 Å². The summed E-state index contributed by atoms with van der Waals surface area (Å²) in [4.78, 5) is 16.9. The summed E-state index contributed by atoms with van der Waals surface area (Å²) in [7, 11) is 1.93. The average Bonchev–Trinajstić information content (AvgIpc) is 2.86.